The third-order valence-corrected chi connectivity index (χ3v) is 4.04. The highest BCUT2D eigenvalue weighted by Gasteiger charge is 2.19. The van der Waals surface area contributed by atoms with E-state index in [1.54, 1.807) is 11.3 Å². The SMILES string of the molecule is C=C1CC(=O)C(=Cc2ccc(-c3ccccc3)s2)N1. The number of rotatable bonds is 2. The molecule has 2 aromatic rings. The number of carbonyl (C=O) groups excluding carboxylic acids is 1. The Morgan fingerprint density at radius 2 is 1.95 bits per heavy atom. The maximum Gasteiger partial charge on any atom is 0.184 e. The first-order valence-corrected chi connectivity index (χ1v) is 6.89. The number of thiophene rings is 1. The normalized spacial score (nSPS) is 16.9. The molecule has 3 rings (SSSR count). The number of hydrogen-bond donors (Lipinski definition) is 1. The summed E-state index contributed by atoms with van der Waals surface area (Å²) in [6, 6.07) is 14.4. The molecule has 1 aromatic heterocycles. The maximum atomic E-state index is 11.7. The van der Waals surface area contributed by atoms with Gasteiger partial charge in [-0.3, -0.25) is 4.79 Å². The second-order valence-corrected chi connectivity index (χ2v) is 5.57. The minimum Gasteiger partial charge on any atom is -0.356 e. The molecule has 0 atom stereocenters. The lowest BCUT2D eigenvalue weighted by atomic mass is 10.2. The first-order chi connectivity index (χ1) is 9.22. The highest BCUT2D eigenvalue weighted by molar-refractivity contribution is 7.16. The van der Waals surface area contributed by atoms with Crippen LogP contribution in [0, 0.1) is 0 Å². The Morgan fingerprint density at radius 3 is 2.63 bits per heavy atom. The van der Waals surface area contributed by atoms with Crippen molar-refractivity contribution >= 4 is 23.2 Å². The van der Waals surface area contributed by atoms with Crippen molar-refractivity contribution in [3.05, 3.63) is 65.3 Å². The van der Waals surface area contributed by atoms with Crippen molar-refractivity contribution in [1.29, 1.82) is 0 Å². The molecule has 0 bridgehead atoms. The Bertz CT molecular complexity index is 667. The van der Waals surface area contributed by atoms with E-state index in [0.717, 1.165) is 10.6 Å². The highest BCUT2D eigenvalue weighted by atomic mass is 32.1. The summed E-state index contributed by atoms with van der Waals surface area (Å²) in [5.41, 5.74) is 2.62. The second-order valence-electron chi connectivity index (χ2n) is 4.45. The van der Waals surface area contributed by atoms with Crippen LogP contribution in [0.25, 0.3) is 16.5 Å². The van der Waals surface area contributed by atoms with Gasteiger partial charge in [0.1, 0.15) is 0 Å². The zero-order chi connectivity index (χ0) is 13.2. The first-order valence-electron chi connectivity index (χ1n) is 6.07. The molecule has 1 saturated heterocycles. The molecule has 0 saturated carbocycles. The van der Waals surface area contributed by atoms with Crippen molar-refractivity contribution in [2.75, 3.05) is 0 Å². The lowest BCUT2D eigenvalue weighted by Gasteiger charge is -1.96. The summed E-state index contributed by atoms with van der Waals surface area (Å²) in [6.07, 6.45) is 2.31. The fourth-order valence-corrected chi connectivity index (χ4v) is 3.00. The number of benzene rings is 1. The second kappa shape index (κ2) is 4.86. The number of allylic oxidation sites excluding steroid dienone is 2. The Labute approximate surface area is 116 Å². The zero-order valence-corrected chi connectivity index (χ0v) is 11.2. The standard InChI is InChI=1S/C16H13NOS/c1-11-9-15(18)14(17-11)10-13-7-8-16(19-13)12-5-3-2-4-6-12/h2-8,10,17H,1,9H2. The van der Waals surface area contributed by atoms with Crippen molar-refractivity contribution in [2.45, 2.75) is 6.42 Å². The largest absolute Gasteiger partial charge is 0.356 e. The predicted molar refractivity (Wildman–Crippen MR) is 79.6 cm³/mol. The van der Waals surface area contributed by atoms with E-state index in [1.807, 2.05) is 30.3 Å². The van der Waals surface area contributed by atoms with Gasteiger partial charge in [0, 0.05) is 15.5 Å². The minimum atomic E-state index is 0.111. The van der Waals surface area contributed by atoms with Gasteiger partial charge in [-0.2, -0.15) is 0 Å². The number of nitrogens with one attached hydrogen (secondary N) is 1. The number of ketones is 1. The van der Waals surface area contributed by atoms with Gasteiger partial charge in [0.25, 0.3) is 0 Å². The Morgan fingerprint density at radius 1 is 1.16 bits per heavy atom. The quantitative estimate of drug-likeness (QED) is 0.838. The minimum absolute atomic E-state index is 0.111. The van der Waals surface area contributed by atoms with Crippen LogP contribution >= 0.6 is 11.3 Å². The average molecular weight is 267 g/mol. The summed E-state index contributed by atoms with van der Waals surface area (Å²) in [7, 11) is 0. The van der Waals surface area contributed by atoms with Gasteiger partial charge < -0.3 is 5.32 Å². The molecule has 1 fully saturated rings. The van der Waals surface area contributed by atoms with Gasteiger partial charge in [-0.15, -0.1) is 11.3 Å². The molecule has 1 N–H and O–H groups in total. The van der Waals surface area contributed by atoms with E-state index in [9.17, 15) is 4.79 Å². The van der Waals surface area contributed by atoms with Crippen LogP contribution in [0.1, 0.15) is 11.3 Å². The Balaban J connectivity index is 1.89. The van der Waals surface area contributed by atoms with Crippen molar-refractivity contribution in [2.24, 2.45) is 0 Å². The van der Waals surface area contributed by atoms with Crippen molar-refractivity contribution < 1.29 is 4.79 Å². The molecular weight excluding hydrogens is 254 g/mol. The number of carbonyl (C=O) groups is 1. The van der Waals surface area contributed by atoms with E-state index >= 15 is 0 Å². The van der Waals surface area contributed by atoms with Gasteiger partial charge in [-0.25, -0.2) is 0 Å². The molecule has 3 heteroatoms. The molecule has 0 aliphatic carbocycles. The smallest absolute Gasteiger partial charge is 0.184 e. The molecule has 1 aliphatic heterocycles. The van der Waals surface area contributed by atoms with Crippen molar-refractivity contribution in [1.82, 2.24) is 5.32 Å². The third kappa shape index (κ3) is 2.51. The molecule has 0 amide bonds. The molecule has 0 radical (unpaired) electrons. The van der Waals surface area contributed by atoms with E-state index in [0.29, 0.717) is 12.1 Å². The van der Waals surface area contributed by atoms with Crippen molar-refractivity contribution in [3.63, 3.8) is 0 Å². The van der Waals surface area contributed by atoms with E-state index < -0.39 is 0 Å². The van der Waals surface area contributed by atoms with Gasteiger partial charge in [-0.05, 0) is 23.8 Å². The highest BCUT2D eigenvalue weighted by Crippen LogP contribution is 2.29. The molecule has 1 aliphatic rings. The van der Waals surface area contributed by atoms with Crippen LogP contribution in [0.2, 0.25) is 0 Å². The summed E-state index contributed by atoms with van der Waals surface area (Å²) >= 11 is 1.68. The fourth-order valence-electron chi connectivity index (χ4n) is 2.04. The van der Waals surface area contributed by atoms with E-state index in [2.05, 4.69) is 30.1 Å². The van der Waals surface area contributed by atoms with E-state index in [4.69, 9.17) is 0 Å². The van der Waals surface area contributed by atoms with E-state index in [1.165, 1.54) is 10.4 Å². The summed E-state index contributed by atoms with van der Waals surface area (Å²) in [6.45, 7) is 3.78. The lowest BCUT2D eigenvalue weighted by molar-refractivity contribution is -0.114. The van der Waals surface area contributed by atoms with Crippen LogP contribution in [0.15, 0.2) is 60.4 Å². The molecule has 1 aromatic carbocycles. The van der Waals surface area contributed by atoms with Crippen molar-refractivity contribution in [3.8, 4) is 10.4 Å². The predicted octanol–water partition coefficient (Wildman–Crippen LogP) is 3.83. The molecule has 2 nitrogen and oxygen atoms in total. The lowest BCUT2D eigenvalue weighted by Crippen LogP contribution is -2.04. The van der Waals surface area contributed by atoms with Gasteiger partial charge in [0.2, 0.25) is 0 Å². The van der Waals surface area contributed by atoms with Crippen LogP contribution in [0.5, 0.6) is 0 Å². The average Bonchev–Trinajstić information content (AvgIpc) is 2.99. The van der Waals surface area contributed by atoms with Gasteiger partial charge in [-0.1, -0.05) is 36.9 Å². The maximum absolute atomic E-state index is 11.7. The van der Waals surface area contributed by atoms with Gasteiger partial charge >= 0.3 is 0 Å². The monoisotopic (exact) mass is 267 g/mol. The Hall–Kier alpha value is -2.13. The fraction of sp³-hybridized carbons (Fsp3) is 0.0625. The van der Waals surface area contributed by atoms with Gasteiger partial charge in [0.15, 0.2) is 5.78 Å². The van der Waals surface area contributed by atoms with E-state index in [-0.39, 0.29) is 5.78 Å². The van der Waals surface area contributed by atoms with Crippen LogP contribution < -0.4 is 5.32 Å². The van der Waals surface area contributed by atoms with Crippen LogP contribution in [-0.4, -0.2) is 5.78 Å². The van der Waals surface area contributed by atoms with Crippen LogP contribution in [0.4, 0.5) is 0 Å². The topological polar surface area (TPSA) is 29.1 Å². The first kappa shape index (κ1) is 11.9. The summed E-state index contributed by atoms with van der Waals surface area (Å²) < 4.78 is 0. The zero-order valence-electron chi connectivity index (χ0n) is 10.3. The molecule has 19 heavy (non-hydrogen) atoms. The molecule has 0 spiro atoms. The summed E-state index contributed by atoms with van der Waals surface area (Å²) in [5, 5.41) is 3.02. The molecular formula is C16H13NOS. The molecule has 2 heterocycles. The number of Topliss-reactive ketones (excluding diaryl/α,β-unsaturated/α-hetero) is 1. The third-order valence-electron chi connectivity index (χ3n) is 2.96. The summed E-state index contributed by atoms with van der Waals surface area (Å²) in [4.78, 5) is 14.0. The molecule has 94 valence electrons. The van der Waals surface area contributed by atoms with Gasteiger partial charge in [0.05, 0.1) is 12.1 Å². The van der Waals surface area contributed by atoms with Crippen LogP contribution in [-0.2, 0) is 4.79 Å². The molecule has 0 unspecified atom stereocenters. The number of hydrogen-bond acceptors (Lipinski definition) is 3. The van der Waals surface area contributed by atoms with Crippen LogP contribution in [0.3, 0.4) is 0 Å². The Kier molecular flexibility index (Phi) is 3.05. The summed E-state index contributed by atoms with van der Waals surface area (Å²) in [5.74, 6) is 0.111.